The summed E-state index contributed by atoms with van der Waals surface area (Å²) in [4.78, 5) is 34.4. The number of benzene rings is 1. The molecule has 1 aliphatic carbocycles. The van der Waals surface area contributed by atoms with Crippen molar-refractivity contribution < 1.29 is 45.8 Å². The Hall–Kier alpha value is -2.87. The van der Waals surface area contributed by atoms with Gasteiger partial charge in [-0.1, -0.05) is 33.1 Å². The number of nitrogens with one attached hydrogen (secondary N) is 1. The van der Waals surface area contributed by atoms with Gasteiger partial charge in [-0.2, -0.15) is 4.31 Å². The zero-order valence-corrected chi connectivity index (χ0v) is 22.6. The topological polar surface area (TPSA) is 133 Å². The number of carbonyl (C=O) groups excluding carboxylic acids is 2. The first-order valence-corrected chi connectivity index (χ1v) is 13.8. The second-order valence-corrected chi connectivity index (χ2v) is 10.4. The van der Waals surface area contributed by atoms with E-state index in [1.807, 2.05) is 13.8 Å². The monoisotopic (exact) mass is 567 g/mol. The van der Waals surface area contributed by atoms with Crippen LogP contribution < -0.4 is 10.1 Å². The summed E-state index contributed by atoms with van der Waals surface area (Å²) < 4.78 is 68.5. The molecule has 1 aromatic carbocycles. The number of hydrogen-bond donors (Lipinski definition) is 2. The fourth-order valence-electron chi connectivity index (χ4n) is 4.26. The number of alkyl halides is 3. The van der Waals surface area contributed by atoms with Crippen LogP contribution in [0.5, 0.6) is 5.75 Å². The highest BCUT2D eigenvalue weighted by atomic mass is 32.2. The highest BCUT2D eigenvalue weighted by Gasteiger charge is 2.41. The van der Waals surface area contributed by atoms with E-state index in [2.05, 4.69) is 10.1 Å². The molecular formula is C24H36F3N3O7S. The van der Waals surface area contributed by atoms with Crippen molar-refractivity contribution in [1.29, 1.82) is 0 Å². The fourth-order valence-corrected chi connectivity index (χ4v) is 5.83. The number of amides is 2. The quantitative estimate of drug-likeness (QED) is 0.504. The van der Waals surface area contributed by atoms with Gasteiger partial charge in [-0.05, 0) is 43.0 Å². The molecule has 216 valence electrons. The van der Waals surface area contributed by atoms with Crippen molar-refractivity contribution in [2.75, 3.05) is 26.2 Å². The van der Waals surface area contributed by atoms with Crippen molar-refractivity contribution in [1.82, 2.24) is 14.5 Å². The second-order valence-electron chi connectivity index (χ2n) is 8.47. The van der Waals surface area contributed by atoms with E-state index in [9.17, 15) is 31.2 Å². The third-order valence-electron chi connectivity index (χ3n) is 6.03. The summed E-state index contributed by atoms with van der Waals surface area (Å²) in [6.45, 7) is 5.44. The van der Waals surface area contributed by atoms with E-state index in [-0.39, 0.29) is 36.9 Å². The molecule has 10 nitrogen and oxygen atoms in total. The lowest BCUT2D eigenvalue weighted by molar-refractivity contribution is -0.274. The number of hydrogen-bond acceptors (Lipinski definition) is 6. The molecule has 1 atom stereocenters. The van der Waals surface area contributed by atoms with Crippen molar-refractivity contribution in [3.8, 4) is 5.75 Å². The van der Waals surface area contributed by atoms with Crippen molar-refractivity contribution >= 4 is 28.3 Å². The van der Waals surface area contributed by atoms with E-state index in [1.54, 1.807) is 0 Å². The average Bonchev–Trinajstić information content (AvgIpc) is 2.88. The molecule has 0 bridgehead atoms. The molecule has 2 N–H and O–H groups in total. The Kier molecular flexibility index (Phi) is 13.5. The normalized spacial score (nSPS) is 18.7. The zero-order valence-electron chi connectivity index (χ0n) is 21.7. The summed E-state index contributed by atoms with van der Waals surface area (Å²) in [5.41, 5.74) is 0. The molecule has 0 spiro atoms. The van der Waals surface area contributed by atoms with E-state index in [0.717, 1.165) is 54.3 Å². The van der Waals surface area contributed by atoms with Crippen LogP contribution in [0.3, 0.4) is 0 Å². The van der Waals surface area contributed by atoms with E-state index in [1.165, 1.54) is 18.2 Å². The van der Waals surface area contributed by atoms with Gasteiger partial charge in [0.25, 0.3) is 6.47 Å². The first-order valence-electron chi connectivity index (χ1n) is 12.4. The van der Waals surface area contributed by atoms with Crippen molar-refractivity contribution in [3.63, 3.8) is 0 Å². The molecule has 1 saturated carbocycles. The smallest absolute Gasteiger partial charge is 0.483 e. The molecule has 38 heavy (non-hydrogen) atoms. The number of carboxylic acid groups (broad SMARTS) is 1. The van der Waals surface area contributed by atoms with Gasteiger partial charge in [-0.3, -0.25) is 14.4 Å². The maximum atomic E-state index is 13.3. The summed E-state index contributed by atoms with van der Waals surface area (Å²) in [6.07, 6.45) is 0.454. The molecule has 2 fully saturated rings. The Balaban J connectivity index is 0.00000135. The molecule has 0 radical (unpaired) electrons. The molecule has 2 aliphatic rings. The van der Waals surface area contributed by atoms with Crippen LogP contribution in [0.2, 0.25) is 0 Å². The van der Waals surface area contributed by atoms with Gasteiger partial charge in [0.15, 0.2) is 0 Å². The van der Waals surface area contributed by atoms with Crippen molar-refractivity contribution in [3.05, 3.63) is 24.3 Å². The molecule has 1 saturated heterocycles. The Morgan fingerprint density at radius 1 is 1.11 bits per heavy atom. The first-order chi connectivity index (χ1) is 17.9. The molecule has 0 unspecified atom stereocenters. The van der Waals surface area contributed by atoms with Crippen LogP contribution in [0.25, 0.3) is 0 Å². The minimum Gasteiger partial charge on any atom is -0.483 e. The van der Waals surface area contributed by atoms with Crippen molar-refractivity contribution in [2.24, 2.45) is 5.92 Å². The number of piperazine rings is 1. The standard InChI is InChI=1S/C21H28F3N3O5S.C2H6.CH2O2/c1-15(28)26-11-12-27(19(14-26)20(29)25-13-16-5-3-2-4-6-16)33(30,31)18-9-7-17(8-10-18)32-21(22,23)24;1-2;2-1-3/h7-10,16,19H,2-6,11-14H2,1H3,(H,25,29);1-2H3;1H,(H,2,3)/t19-;;/m1../s1. The summed E-state index contributed by atoms with van der Waals surface area (Å²) in [6, 6.07) is 2.69. The van der Waals surface area contributed by atoms with Gasteiger partial charge in [-0.25, -0.2) is 8.42 Å². The van der Waals surface area contributed by atoms with Crippen LogP contribution in [-0.4, -0.2) is 79.6 Å². The Bertz CT molecular complexity index is 999. The van der Waals surface area contributed by atoms with E-state index in [4.69, 9.17) is 9.90 Å². The summed E-state index contributed by atoms with van der Waals surface area (Å²) in [7, 11) is -4.21. The number of halogens is 3. The van der Waals surface area contributed by atoms with E-state index < -0.39 is 34.1 Å². The lowest BCUT2D eigenvalue weighted by Gasteiger charge is -2.39. The number of nitrogens with zero attached hydrogens (tertiary/aromatic N) is 2. The van der Waals surface area contributed by atoms with Crippen LogP contribution >= 0.6 is 0 Å². The Morgan fingerprint density at radius 2 is 1.66 bits per heavy atom. The number of ether oxygens (including phenoxy) is 1. The number of rotatable bonds is 6. The molecular weight excluding hydrogens is 531 g/mol. The molecule has 0 aromatic heterocycles. The van der Waals surface area contributed by atoms with Gasteiger partial charge in [0.1, 0.15) is 11.8 Å². The van der Waals surface area contributed by atoms with Crippen LogP contribution in [0, 0.1) is 5.92 Å². The van der Waals surface area contributed by atoms with E-state index in [0.29, 0.717) is 12.5 Å². The second kappa shape index (κ2) is 15.5. The van der Waals surface area contributed by atoms with Gasteiger partial charge < -0.3 is 20.1 Å². The van der Waals surface area contributed by atoms with Gasteiger partial charge in [0, 0.05) is 33.1 Å². The lowest BCUT2D eigenvalue weighted by Crippen LogP contribution is -2.61. The molecule has 3 rings (SSSR count). The Morgan fingerprint density at radius 3 is 2.16 bits per heavy atom. The third-order valence-corrected chi connectivity index (χ3v) is 7.96. The largest absolute Gasteiger partial charge is 0.573 e. The van der Waals surface area contributed by atoms with Gasteiger partial charge in [0.05, 0.1) is 4.90 Å². The maximum absolute atomic E-state index is 13.3. The predicted octanol–water partition coefficient (Wildman–Crippen LogP) is 3.23. The van der Waals surface area contributed by atoms with Crippen LogP contribution in [0.1, 0.15) is 52.9 Å². The molecule has 14 heteroatoms. The van der Waals surface area contributed by atoms with Crippen LogP contribution in [-0.2, 0) is 24.4 Å². The molecule has 1 aliphatic heterocycles. The molecule has 1 heterocycles. The highest BCUT2D eigenvalue weighted by molar-refractivity contribution is 7.89. The Labute approximate surface area is 221 Å². The fraction of sp³-hybridized carbons (Fsp3) is 0.625. The summed E-state index contributed by atoms with van der Waals surface area (Å²) in [5.74, 6) is -0.982. The third kappa shape index (κ3) is 10.1. The summed E-state index contributed by atoms with van der Waals surface area (Å²) >= 11 is 0. The van der Waals surface area contributed by atoms with Gasteiger partial charge in [-0.15, -0.1) is 13.2 Å². The summed E-state index contributed by atoms with van der Waals surface area (Å²) in [5, 5.41) is 9.73. The van der Waals surface area contributed by atoms with Crippen molar-refractivity contribution in [2.45, 2.75) is 70.2 Å². The minimum atomic E-state index is -4.90. The minimum absolute atomic E-state index is 0.0969. The number of carbonyl (C=O) groups is 3. The van der Waals surface area contributed by atoms with Crippen LogP contribution in [0.15, 0.2) is 29.2 Å². The molecule has 2 amide bonds. The van der Waals surface area contributed by atoms with Gasteiger partial charge >= 0.3 is 6.36 Å². The van der Waals surface area contributed by atoms with Crippen LogP contribution in [0.4, 0.5) is 13.2 Å². The first kappa shape index (κ1) is 33.2. The van der Waals surface area contributed by atoms with Gasteiger partial charge in [0.2, 0.25) is 21.8 Å². The highest BCUT2D eigenvalue weighted by Crippen LogP contribution is 2.27. The average molecular weight is 568 g/mol. The number of sulfonamides is 1. The van der Waals surface area contributed by atoms with E-state index >= 15 is 0 Å². The zero-order chi connectivity index (χ0) is 28.9. The SMILES string of the molecule is CC.CC(=O)N1CCN(S(=O)(=O)c2ccc(OC(F)(F)F)cc2)[C@@H](C(=O)NCC2CCCCC2)C1.O=CO. The predicted molar refractivity (Wildman–Crippen MR) is 133 cm³/mol. The molecule has 1 aromatic rings. The maximum Gasteiger partial charge on any atom is 0.573 e. The lowest BCUT2D eigenvalue weighted by atomic mass is 9.89.